The summed E-state index contributed by atoms with van der Waals surface area (Å²) in [7, 11) is 0. The average molecular weight is 327 g/mol. The fourth-order valence-electron chi connectivity index (χ4n) is 2.20. The Labute approximate surface area is 138 Å². The molecule has 0 bridgehead atoms. The predicted molar refractivity (Wildman–Crippen MR) is 84.2 cm³/mol. The molecule has 2 heterocycles. The average Bonchev–Trinajstić information content (AvgIpc) is 3.22. The van der Waals surface area contributed by atoms with Crippen LogP contribution in [0.1, 0.15) is 30.2 Å². The summed E-state index contributed by atoms with van der Waals surface area (Å²) in [6, 6.07) is 10.5. The van der Waals surface area contributed by atoms with Crippen LogP contribution in [-0.2, 0) is 6.54 Å². The summed E-state index contributed by atoms with van der Waals surface area (Å²) in [5.74, 6) is 1.23. The lowest BCUT2D eigenvalue weighted by Crippen LogP contribution is -2.37. The van der Waals surface area contributed by atoms with Crippen molar-refractivity contribution in [1.29, 1.82) is 0 Å². The number of para-hydroxylation sites is 1. The van der Waals surface area contributed by atoms with Crippen LogP contribution in [0, 0.1) is 6.92 Å². The van der Waals surface area contributed by atoms with Gasteiger partial charge >= 0.3 is 6.03 Å². The van der Waals surface area contributed by atoms with Crippen LogP contribution in [0.3, 0.4) is 0 Å². The van der Waals surface area contributed by atoms with E-state index in [4.69, 9.17) is 4.52 Å². The predicted octanol–water partition coefficient (Wildman–Crippen LogP) is 1.52. The van der Waals surface area contributed by atoms with E-state index in [1.54, 1.807) is 17.7 Å². The molecule has 2 amide bonds. The van der Waals surface area contributed by atoms with Crippen LogP contribution >= 0.6 is 0 Å². The standard InChI is InChI=1S/C15H17N7O2/c1-10-8-12(19-24-10)9-16-15(23)17-11(2)14-18-20-21-22(14)13-6-4-3-5-7-13/h3-8,11H,9H2,1-2H3,(H2,16,17,23). The fraction of sp³-hybridized carbons (Fsp3) is 0.267. The number of carbonyl (C=O) groups excluding carboxylic acids is 1. The maximum Gasteiger partial charge on any atom is 0.315 e. The summed E-state index contributed by atoms with van der Waals surface area (Å²) in [4.78, 5) is 12.0. The maximum atomic E-state index is 12.0. The molecule has 124 valence electrons. The van der Waals surface area contributed by atoms with Gasteiger partial charge in [-0.1, -0.05) is 23.4 Å². The zero-order valence-electron chi connectivity index (χ0n) is 13.3. The summed E-state index contributed by atoms with van der Waals surface area (Å²) in [5.41, 5.74) is 1.48. The molecule has 0 spiro atoms. The van der Waals surface area contributed by atoms with Gasteiger partial charge in [0.25, 0.3) is 0 Å². The Morgan fingerprint density at radius 1 is 1.33 bits per heavy atom. The molecule has 0 aliphatic heterocycles. The highest BCUT2D eigenvalue weighted by Gasteiger charge is 2.17. The lowest BCUT2D eigenvalue weighted by molar-refractivity contribution is 0.236. The molecule has 9 nitrogen and oxygen atoms in total. The summed E-state index contributed by atoms with van der Waals surface area (Å²) in [6.45, 7) is 3.88. The molecule has 24 heavy (non-hydrogen) atoms. The van der Waals surface area contributed by atoms with E-state index in [1.807, 2.05) is 37.3 Å². The second-order valence-electron chi connectivity index (χ2n) is 5.26. The molecule has 0 aliphatic carbocycles. The van der Waals surface area contributed by atoms with Crippen LogP contribution in [0.25, 0.3) is 5.69 Å². The molecule has 1 aromatic carbocycles. The highest BCUT2D eigenvalue weighted by Crippen LogP contribution is 2.13. The number of carbonyl (C=O) groups is 1. The van der Waals surface area contributed by atoms with Crippen molar-refractivity contribution in [2.24, 2.45) is 0 Å². The molecular weight excluding hydrogens is 310 g/mol. The van der Waals surface area contributed by atoms with E-state index in [0.29, 0.717) is 17.3 Å². The Kier molecular flexibility index (Phi) is 4.50. The first kappa shape index (κ1) is 15.7. The minimum Gasteiger partial charge on any atom is -0.361 e. The van der Waals surface area contributed by atoms with Gasteiger partial charge in [-0.25, -0.2) is 4.79 Å². The maximum absolute atomic E-state index is 12.0. The van der Waals surface area contributed by atoms with Gasteiger partial charge in [0.15, 0.2) is 5.82 Å². The monoisotopic (exact) mass is 327 g/mol. The Balaban J connectivity index is 1.62. The molecule has 0 radical (unpaired) electrons. The molecule has 0 fully saturated rings. The molecule has 0 saturated carbocycles. The molecule has 2 N–H and O–H groups in total. The summed E-state index contributed by atoms with van der Waals surface area (Å²) < 4.78 is 6.54. The van der Waals surface area contributed by atoms with Crippen molar-refractivity contribution >= 4 is 6.03 Å². The van der Waals surface area contributed by atoms with Gasteiger partial charge in [-0.3, -0.25) is 0 Å². The molecule has 1 atom stereocenters. The van der Waals surface area contributed by atoms with Crippen LogP contribution in [0.5, 0.6) is 0 Å². The first-order valence-corrected chi connectivity index (χ1v) is 7.44. The van der Waals surface area contributed by atoms with E-state index in [2.05, 4.69) is 31.3 Å². The van der Waals surface area contributed by atoms with Crippen molar-refractivity contribution in [2.75, 3.05) is 0 Å². The Bertz CT molecular complexity index is 812. The zero-order valence-corrected chi connectivity index (χ0v) is 13.3. The number of benzene rings is 1. The van der Waals surface area contributed by atoms with E-state index in [1.165, 1.54) is 0 Å². The van der Waals surface area contributed by atoms with Gasteiger partial charge in [0.2, 0.25) is 0 Å². The highest BCUT2D eigenvalue weighted by molar-refractivity contribution is 5.74. The van der Waals surface area contributed by atoms with Gasteiger partial charge in [-0.2, -0.15) is 4.68 Å². The fourth-order valence-corrected chi connectivity index (χ4v) is 2.20. The van der Waals surface area contributed by atoms with E-state index in [9.17, 15) is 4.79 Å². The van der Waals surface area contributed by atoms with Crippen LogP contribution in [0.2, 0.25) is 0 Å². The van der Waals surface area contributed by atoms with E-state index in [0.717, 1.165) is 5.69 Å². The quantitative estimate of drug-likeness (QED) is 0.735. The smallest absolute Gasteiger partial charge is 0.315 e. The lowest BCUT2D eigenvalue weighted by Gasteiger charge is -2.14. The van der Waals surface area contributed by atoms with E-state index < -0.39 is 0 Å². The van der Waals surface area contributed by atoms with Gasteiger partial charge in [0.1, 0.15) is 11.5 Å². The molecule has 3 rings (SSSR count). The van der Waals surface area contributed by atoms with Crippen molar-refractivity contribution < 1.29 is 9.32 Å². The molecule has 0 aliphatic rings. The largest absolute Gasteiger partial charge is 0.361 e. The molecule has 3 aromatic rings. The number of amides is 2. The van der Waals surface area contributed by atoms with E-state index in [-0.39, 0.29) is 18.6 Å². The van der Waals surface area contributed by atoms with Gasteiger partial charge < -0.3 is 15.2 Å². The number of urea groups is 1. The number of nitrogens with zero attached hydrogens (tertiary/aromatic N) is 5. The molecule has 0 saturated heterocycles. The zero-order chi connectivity index (χ0) is 16.9. The van der Waals surface area contributed by atoms with Gasteiger partial charge in [-0.15, -0.1) is 5.10 Å². The molecule has 1 unspecified atom stereocenters. The summed E-state index contributed by atoms with van der Waals surface area (Å²) >= 11 is 0. The third kappa shape index (κ3) is 3.57. The number of nitrogens with one attached hydrogen (secondary N) is 2. The third-order valence-electron chi connectivity index (χ3n) is 3.34. The van der Waals surface area contributed by atoms with Crippen molar-refractivity contribution in [3.63, 3.8) is 0 Å². The number of hydrogen-bond acceptors (Lipinski definition) is 6. The van der Waals surface area contributed by atoms with Crippen molar-refractivity contribution in [3.8, 4) is 5.69 Å². The van der Waals surface area contributed by atoms with Crippen molar-refractivity contribution in [3.05, 3.63) is 53.7 Å². The summed E-state index contributed by atoms with van der Waals surface area (Å²) in [6.07, 6.45) is 0. The number of tetrazole rings is 1. The Morgan fingerprint density at radius 2 is 2.12 bits per heavy atom. The summed E-state index contributed by atoms with van der Waals surface area (Å²) in [5, 5.41) is 21.0. The minimum atomic E-state index is -0.376. The number of hydrogen-bond donors (Lipinski definition) is 2. The Hall–Kier alpha value is -3.23. The van der Waals surface area contributed by atoms with Crippen molar-refractivity contribution in [2.45, 2.75) is 26.4 Å². The van der Waals surface area contributed by atoms with Crippen LogP contribution in [-0.4, -0.2) is 31.4 Å². The number of rotatable bonds is 5. The topological polar surface area (TPSA) is 111 Å². The minimum absolute atomic E-state index is 0.277. The second kappa shape index (κ2) is 6.90. The van der Waals surface area contributed by atoms with Gasteiger partial charge in [-0.05, 0) is 36.4 Å². The lowest BCUT2D eigenvalue weighted by atomic mass is 10.3. The first-order chi connectivity index (χ1) is 11.6. The molecular formula is C15H17N7O2. The van der Waals surface area contributed by atoms with Gasteiger partial charge in [0.05, 0.1) is 18.3 Å². The normalized spacial score (nSPS) is 11.9. The van der Waals surface area contributed by atoms with Crippen LogP contribution in [0.15, 0.2) is 40.9 Å². The van der Waals surface area contributed by atoms with Crippen LogP contribution < -0.4 is 10.6 Å². The third-order valence-corrected chi connectivity index (χ3v) is 3.34. The number of aryl methyl sites for hydroxylation is 1. The molecule has 2 aromatic heterocycles. The second-order valence-corrected chi connectivity index (χ2v) is 5.26. The Morgan fingerprint density at radius 3 is 2.83 bits per heavy atom. The van der Waals surface area contributed by atoms with Crippen LogP contribution in [0.4, 0.5) is 4.79 Å². The van der Waals surface area contributed by atoms with E-state index >= 15 is 0 Å². The first-order valence-electron chi connectivity index (χ1n) is 7.44. The number of aromatic nitrogens is 5. The van der Waals surface area contributed by atoms with Gasteiger partial charge in [0, 0.05) is 6.07 Å². The SMILES string of the molecule is Cc1cc(CNC(=O)NC(C)c2nnnn2-c2ccccc2)no1. The van der Waals surface area contributed by atoms with Crippen molar-refractivity contribution in [1.82, 2.24) is 36.0 Å². The molecule has 9 heteroatoms. The highest BCUT2D eigenvalue weighted by atomic mass is 16.5.